The normalized spacial score (nSPS) is 23.8. The van der Waals surface area contributed by atoms with Crippen molar-refractivity contribution in [3.8, 4) is 6.07 Å². The Morgan fingerprint density at radius 2 is 2.15 bits per heavy atom. The average molecular weight is 292 g/mol. The van der Waals surface area contributed by atoms with Crippen molar-refractivity contribution in [3.63, 3.8) is 0 Å². The van der Waals surface area contributed by atoms with E-state index in [-0.39, 0.29) is 0 Å². The average Bonchev–Trinajstić information content (AvgIpc) is 3.02. The highest BCUT2D eigenvalue weighted by molar-refractivity contribution is 6.34. The molecular formula is C14H18ClN5. The van der Waals surface area contributed by atoms with Crippen LogP contribution in [-0.2, 0) is 0 Å². The van der Waals surface area contributed by atoms with Crippen molar-refractivity contribution in [2.24, 2.45) is 0 Å². The largest absolute Gasteiger partial charge is 0.353 e. The number of aromatic nitrogens is 1. The van der Waals surface area contributed by atoms with E-state index in [1.165, 1.54) is 6.42 Å². The van der Waals surface area contributed by atoms with Crippen LogP contribution >= 0.6 is 11.6 Å². The Kier molecular flexibility index (Phi) is 4.06. The molecule has 2 aliphatic rings. The quantitative estimate of drug-likeness (QED) is 0.884. The van der Waals surface area contributed by atoms with Gasteiger partial charge in [0.15, 0.2) is 0 Å². The van der Waals surface area contributed by atoms with Crippen LogP contribution in [0.5, 0.6) is 0 Å². The molecule has 0 spiro atoms. The number of anilines is 1. The van der Waals surface area contributed by atoms with Gasteiger partial charge in [0.05, 0.1) is 5.56 Å². The SMILES string of the molecule is N#Cc1ccnc(N2CCN(C3CCNC3)CC2)c1Cl. The maximum absolute atomic E-state index is 9.03. The van der Waals surface area contributed by atoms with E-state index in [1.54, 1.807) is 12.3 Å². The molecule has 0 saturated carbocycles. The molecule has 0 amide bonds. The van der Waals surface area contributed by atoms with Gasteiger partial charge in [-0.05, 0) is 19.0 Å². The Morgan fingerprint density at radius 3 is 2.80 bits per heavy atom. The minimum atomic E-state index is 0.478. The molecule has 6 heteroatoms. The first-order valence-electron chi connectivity index (χ1n) is 7.04. The molecule has 1 aromatic heterocycles. The molecule has 0 aliphatic carbocycles. The summed E-state index contributed by atoms with van der Waals surface area (Å²) in [6.07, 6.45) is 2.90. The molecule has 106 valence electrons. The van der Waals surface area contributed by atoms with Gasteiger partial charge in [-0.1, -0.05) is 11.6 Å². The van der Waals surface area contributed by atoms with E-state index >= 15 is 0 Å². The van der Waals surface area contributed by atoms with E-state index in [0.29, 0.717) is 16.6 Å². The van der Waals surface area contributed by atoms with Gasteiger partial charge >= 0.3 is 0 Å². The first kappa shape index (κ1) is 13.6. The molecule has 20 heavy (non-hydrogen) atoms. The van der Waals surface area contributed by atoms with Crippen molar-refractivity contribution in [2.75, 3.05) is 44.2 Å². The summed E-state index contributed by atoms with van der Waals surface area (Å²) in [5, 5.41) is 12.9. The second-order valence-corrected chi connectivity index (χ2v) is 5.66. The predicted molar refractivity (Wildman–Crippen MR) is 79.0 cm³/mol. The number of hydrogen-bond acceptors (Lipinski definition) is 5. The van der Waals surface area contributed by atoms with E-state index in [4.69, 9.17) is 16.9 Å². The molecular weight excluding hydrogens is 274 g/mol. The lowest BCUT2D eigenvalue weighted by Crippen LogP contribution is -2.51. The van der Waals surface area contributed by atoms with Crippen molar-refractivity contribution in [3.05, 3.63) is 22.8 Å². The summed E-state index contributed by atoms with van der Waals surface area (Å²) in [5.74, 6) is 0.745. The Hall–Kier alpha value is -1.35. The highest BCUT2D eigenvalue weighted by Crippen LogP contribution is 2.27. The summed E-state index contributed by atoms with van der Waals surface area (Å²) in [6, 6.07) is 4.44. The first-order valence-corrected chi connectivity index (χ1v) is 7.41. The maximum atomic E-state index is 9.03. The third kappa shape index (κ3) is 2.59. The van der Waals surface area contributed by atoms with Crippen LogP contribution in [0.1, 0.15) is 12.0 Å². The van der Waals surface area contributed by atoms with Gasteiger partial charge < -0.3 is 10.2 Å². The zero-order chi connectivity index (χ0) is 13.9. The topological polar surface area (TPSA) is 55.2 Å². The third-order valence-electron chi connectivity index (χ3n) is 4.16. The Labute approximate surface area is 124 Å². The van der Waals surface area contributed by atoms with Crippen LogP contribution in [-0.4, -0.2) is 55.2 Å². The summed E-state index contributed by atoms with van der Waals surface area (Å²) >= 11 is 6.26. The first-order chi connectivity index (χ1) is 9.79. The number of rotatable bonds is 2. The molecule has 3 rings (SSSR count). The van der Waals surface area contributed by atoms with Gasteiger partial charge in [0.2, 0.25) is 0 Å². The van der Waals surface area contributed by atoms with Gasteiger partial charge in [-0.25, -0.2) is 4.98 Å². The smallest absolute Gasteiger partial charge is 0.148 e. The number of hydrogen-bond donors (Lipinski definition) is 1. The van der Waals surface area contributed by atoms with Crippen LogP contribution in [0.25, 0.3) is 0 Å². The van der Waals surface area contributed by atoms with Crippen molar-refractivity contribution in [2.45, 2.75) is 12.5 Å². The Bertz CT molecular complexity index is 513. The van der Waals surface area contributed by atoms with Crippen LogP contribution in [0.2, 0.25) is 5.02 Å². The zero-order valence-corrected chi connectivity index (χ0v) is 12.1. The molecule has 2 fully saturated rings. The standard InChI is InChI=1S/C14H18ClN5/c15-13-11(9-16)1-4-18-14(13)20-7-5-19(6-8-20)12-2-3-17-10-12/h1,4,12,17H,2-3,5-8,10H2. The van der Waals surface area contributed by atoms with Crippen LogP contribution in [0.4, 0.5) is 5.82 Å². The monoisotopic (exact) mass is 291 g/mol. The molecule has 0 aromatic carbocycles. The summed E-state index contributed by atoms with van der Waals surface area (Å²) in [6.45, 7) is 6.11. The van der Waals surface area contributed by atoms with Crippen molar-refractivity contribution < 1.29 is 0 Å². The van der Waals surface area contributed by atoms with Gasteiger partial charge in [-0.2, -0.15) is 5.26 Å². The van der Waals surface area contributed by atoms with Gasteiger partial charge in [0.1, 0.15) is 16.9 Å². The van der Waals surface area contributed by atoms with E-state index in [9.17, 15) is 0 Å². The van der Waals surface area contributed by atoms with E-state index in [1.807, 2.05) is 0 Å². The fraction of sp³-hybridized carbons (Fsp3) is 0.571. The molecule has 1 atom stereocenters. The lowest BCUT2D eigenvalue weighted by atomic mass is 10.2. The van der Waals surface area contributed by atoms with E-state index < -0.39 is 0 Å². The predicted octanol–water partition coefficient (Wildman–Crippen LogP) is 1.09. The molecule has 2 aliphatic heterocycles. The molecule has 0 bridgehead atoms. The summed E-state index contributed by atoms with van der Waals surface area (Å²) < 4.78 is 0. The van der Waals surface area contributed by atoms with Gasteiger partial charge in [-0.3, -0.25) is 4.90 Å². The molecule has 0 radical (unpaired) electrons. The minimum absolute atomic E-state index is 0.478. The van der Waals surface area contributed by atoms with E-state index in [2.05, 4.69) is 26.2 Å². The Balaban J connectivity index is 1.67. The number of pyridine rings is 1. The second kappa shape index (κ2) is 5.96. The summed E-state index contributed by atoms with van der Waals surface area (Å²) in [4.78, 5) is 9.07. The molecule has 1 aromatic rings. The van der Waals surface area contributed by atoms with Crippen LogP contribution in [0.15, 0.2) is 12.3 Å². The maximum Gasteiger partial charge on any atom is 0.148 e. The lowest BCUT2D eigenvalue weighted by Gasteiger charge is -2.38. The number of nitrogens with zero attached hydrogens (tertiary/aromatic N) is 4. The molecule has 1 unspecified atom stereocenters. The highest BCUT2D eigenvalue weighted by Gasteiger charge is 2.27. The fourth-order valence-electron chi connectivity index (χ4n) is 2.99. The van der Waals surface area contributed by atoms with Crippen molar-refractivity contribution in [1.29, 1.82) is 5.26 Å². The van der Waals surface area contributed by atoms with Crippen LogP contribution in [0, 0.1) is 11.3 Å². The number of halogens is 1. The lowest BCUT2D eigenvalue weighted by molar-refractivity contribution is 0.196. The molecule has 3 heterocycles. The Morgan fingerprint density at radius 1 is 1.35 bits per heavy atom. The summed E-state index contributed by atoms with van der Waals surface area (Å²) in [7, 11) is 0. The summed E-state index contributed by atoms with van der Waals surface area (Å²) in [5.41, 5.74) is 0.499. The highest BCUT2D eigenvalue weighted by atomic mass is 35.5. The van der Waals surface area contributed by atoms with Gasteiger partial charge in [0, 0.05) is 45.0 Å². The van der Waals surface area contributed by atoms with Crippen LogP contribution in [0.3, 0.4) is 0 Å². The number of nitrogens with one attached hydrogen (secondary N) is 1. The molecule has 2 saturated heterocycles. The fourth-order valence-corrected chi connectivity index (χ4v) is 3.26. The third-order valence-corrected chi connectivity index (χ3v) is 4.53. The van der Waals surface area contributed by atoms with Crippen molar-refractivity contribution >= 4 is 17.4 Å². The van der Waals surface area contributed by atoms with E-state index in [0.717, 1.165) is 45.1 Å². The molecule has 1 N–H and O–H groups in total. The number of piperazine rings is 1. The van der Waals surface area contributed by atoms with Crippen LogP contribution < -0.4 is 10.2 Å². The number of nitriles is 1. The minimum Gasteiger partial charge on any atom is -0.353 e. The van der Waals surface area contributed by atoms with Crippen molar-refractivity contribution in [1.82, 2.24) is 15.2 Å². The van der Waals surface area contributed by atoms with Gasteiger partial charge in [-0.15, -0.1) is 0 Å². The van der Waals surface area contributed by atoms with Gasteiger partial charge in [0.25, 0.3) is 0 Å². The second-order valence-electron chi connectivity index (χ2n) is 5.28. The zero-order valence-electron chi connectivity index (χ0n) is 11.3. The molecule has 5 nitrogen and oxygen atoms in total.